The van der Waals surface area contributed by atoms with Gasteiger partial charge in [-0.3, -0.25) is 4.90 Å². The van der Waals surface area contributed by atoms with Gasteiger partial charge in [-0.05, 0) is 56.6 Å². The van der Waals surface area contributed by atoms with Crippen LogP contribution in [0.5, 0.6) is 5.75 Å². The lowest BCUT2D eigenvalue weighted by Crippen LogP contribution is -2.59. The number of nitrogens with zero attached hydrogens (tertiary/aromatic N) is 2. The molecule has 7 nitrogen and oxygen atoms in total. The number of likely N-dealkylation sites (tertiary alicyclic amines) is 1. The first kappa shape index (κ1) is 20.0. The van der Waals surface area contributed by atoms with Crippen LogP contribution in [0.2, 0.25) is 0 Å². The molecule has 2 bridgehead atoms. The molecule has 0 radical (unpaired) electrons. The zero-order valence-electron chi connectivity index (χ0n) is 17.0. The SMILES string of the molecule is CC1CC[C@@H]2C[C@H](N(C(=O)N3CCCC3)c3cccc(OCC(=O)O)c3)CC1N2. The molecule has 1 aromatic rings. The highest BCUT2D eigenvalue weighted by Gasteiger charge is 2.40. The molecule has 2 amide bonds. The molecule has 1 aromatic carbocycles. The second kappa shape index (κ2) is 8.61. The van der Waals surface area contributed by atoms with Crippen LogP contribution in [-0.4, -0.2) is 59.8 Å². The maximum atomic E-state index is 13.5. The van der Waals surface area contributed by atoms with E-state index in [4.69, 9.17) is 9.84 Å². The first-order valence-corrected chi connectivity index (χ1v) is 10.8. The van der Waals surface area contributed by atoms with Crippen molar-refractivity contribution >= 4 is 17.7 Å². The number of urea groups is 1. The predicted molar refractivity (Wildman–Crippen MR) is 110 cm³/mol. The number of rotatable bonds is 5. The van der Waals surface area contributed by atoms with E-state index in [9.17, 15) is 9.59 Å². The molecule has 3 saturated heterocycles. The molecule has 3 aliphatic rings. The van der Waals surface area contributed by atoms with Crippen LogP contribution in [-0.2, 0) is 4.79 Å². The molecular formula is C22H31N3O4. The number of ether oxygens (including phenoxy) is 1. The summed E-state index contributed by atoms with van der Waals surface area (Å²) < 4.78 is 5.38. The van der Waals surface area contributed by atoms with Gasteiger partial charge in [0.05, 0.1) is 0 Å². The number of nitrogens with one attached hydrogen (secondary N) is 1. The Morgan fingerprint density at radius 2 is 2.03 bits per heavy atom. The number of carboxylic acid groups (broad SMARTS) is 1. The summed E-state index contributed by atoms with van der Waals surface area (Å²) in [5.41, 5.74) is 0.794. The second-order valence-corrected chi connectivity index (χ2v) is 8.68. The summed E-state index contributed by atoms with van der Waals surface area (Å²) in [6, 6.07) is 8.40. The van der Waals surface area contributed by atoms with E-state index < -0.39 is 12.6 Å². The fourth-order valence-electron chi connectivity index (χ4n) is 5.04. The van der Waals surface area contributed by atoms with Crippen LogP contribution in [0, 0.1) is 5.92 Å². The lowest BCUT2D eigenvalue weighted by molar-refractivity contribution is -0.139. The number of amides is 2. The minimum absolute atomic E-state index is 0.0653. The summed E-state index contributed by atoms with van der Waals surface area (Å²) in [5.74, 6) is 0.0789. The highest BCUT2D eigenvalue weighted by molar-refractivity contribution is 5.93. The number of hydrogen-bond acceptors (Lipinski definition) is 4. The summed E-state index contributed by atoms with van der Waals surface area (Å²) in [4.78, 5) is 28.3. The number of carbonyl (C=O) groups is 2. The third-order valence-electron chi connectivity index (χ3n) is 6.60. The van der Waals surface area contributed by atoms with Crippen molar-refractivity contribution in [1.29, 1.82) is 0 Å². The summed E-state index contributed by atoms with van der Waals surface area (Å²) in [7, 11) is 0. The van der Waals surface area contributed by atoms with Crippen LogP contribution in [0.1, 0.15) is 45.4 Å². The Bertz CT molecular complexity index is 749. The van der Waals surface area contributed by atoms with Crippen molar-refractivity contribution in [1.82, 2.24) is 10.2 Å². The van der Waals surface area contributed by atoms with Gasteiger partial charge in [-0.2, -0.15) is 0 Å². The second-order valence-electron chi connectivity index (χ2n) is 8.68. The quantitative estimate of drug-likeness (QED) is 0.792. The van der Waals surface area contributed by atoms with Crippen molar-refractivity contribution in [3.05, 3.63) is 24.3 Å². The van der Waals surface area contributed by atoms with Gasteiger partial charge >= 0.3 is 12.0 Å². The minimum Gasteiger partial charge on any atom is -0.482 e. The van der Waals surface area contributed by atoms with Gasteiger partial charge in [-0.1, -0.05) is 13.0 Å². The molecule has 4 rings (SSSR count). The number of anilines is 1. The molecule has 29 heavy (non-hydrogen) atoms. The molecule has 2 N–H and O–H groups in total. The van der Waals surface area contributed by atoms with Crippen molar-refractivity contribution in [3.8, 4) is 5.75 Å². The molecule has 4 atom stereocenters. The van der Waals surface area contributed by atoms with E-state index in [0.717, 1.165) is 50.9 Å². The molecule has 0 saturated carbocycles. The van der Waals surface area contributed by atoms with Crippen molar-refractivity contribution in [2.45, 2.75) is 63.6 Å². The Labute approximate surface area is 172 Å². The number of piperidine rings is 2. The van der Waals surface area contributed by atoms with Gasteiger partial charge in [0.15, 0.2) is 6.61 Å². The molecule has 158 valence electrons. The van der Waals surface area contributed by atoms with E-state index in [2.05, 4.69) is 12.2 Å². The number of benzene rings is 1. The van der Waals surface area contributed by atoms with Gasteiger partial charge in [0.2, 0.25) is 0 Å². The van der Waals surface area contributed by atoms with E-state index in [-0.39, 0.29) is 12.1 Å². The number of hydrogen-bond donors (Lipinski definition) is 2. The number of carbonyl (C=O) groups excluding carboxylic acids is 1. The van der Waals surface area contributed by atoms with Gasteiger partial charge in [0.1, 0.15) is 5.75 Å². The van der Waals surface area contributed by atoms with Crippen molar-refractivity contribution in [2.24, 2.45) is 5.92 Å². The zero-order valence-corrected chi connectivity index (χ0v) is 17.0. The molecular weight excluding hydrogens is 370 g/mol. The highest BCUT2D eigenvalue weighted by atomic mass is 16.5. The van der Waals surface area contributed by atoms with Gasteiger partial charge in [-0.15, -0.1) is 0 Å². The highest BCUT2D eigenvalue weighted by Crippen LogP contribution is 2.35. The van der Waals surface area contributed by atoms with Crippen LogP contribution >= 0.6 is 0 Å². The normalized spacial score (nSPS) is 28.8. The van der Waals surface area contributed by atoms with Gasteiger partial charge in [-0.25, -0.2) is 9.59 Å². The largest absolute Gasteiger partial charge is 0.482 e. The Kier molecular flexibility index (Phi) is 5.94. The van der Waals surface area contributed by atoms with Gasteiger partial charge in [0, 0.05) is 43.0 Å². The van der Waals surface area contributed by atoms with Gasteiger partial charge in [0.25, 0.3) is 0 Å². The van der Waals surface area contributed by atoms with Crippen LogP contribution < -0.4 is 15.0 Å². The molecule has 0 aromatic heterocycles. The summed E-state index contributed by atoms with van der Waals surface area (Å²) in [6.45, 7) is 3.51. The maximum absolute atomic E-state index is 13.5. The Hall–Kier alpha value is -2.28. The maximum Gasteiger partial charge on any atom is 0.341 e. The average molecular weight is 402 g/mol. The number of aliphatic carboxylic acids is 1. The lowest BCUT2D eigenvalue weighted by atomic mass is 9.78. The topological polar surface area (TPSA) is 82.1 Å². The fourth-order valence-corrected chi connectivity index (χ4v) is 5.04. The van der Waals surface area contributed by atoms with Crippen molar-refractivity contribution in [2.75, 3.05) is 24.6 Å². The predicted octanol–water partition coefficient (Wildman–Crippen LogP) is 3.09. The average Bonchev–Trinajstić information content (AvgIpc) is 3.25. The molecule has 7 heteroatoms. The monoisotopic (exact) mass is 401 g/mol. The van der Waals surface area contributed by atoms with Crippen LogP contribution in [0.4, 0.5) is 10.5 Å². The molecule has 3 fully saturated rings. The molecule has 3 heterocycles. The summed E-state index contributed by atoms with van der Waals surface area (Å²) in [5, 5.41) is 12.7. The standard InChI is InChI=1S/C22H31N3O4/c1-15-7-8-16-11-18(13-20(15)23-16)25(22(28)24-9-2-3-10-24)17-5-4-6-19(12-17)29-14-21(26)27/h4-6,12,15-16,18,20,23H,2-3,7-11,13-14H2,1H3,(H,26,27)/t15?,16-,18+,20?/m1/s1. The van der Waals surface area contributed by atoms with E-state index in [1.165, 1.54) is 6.42 Å². The minimum atomic E-state index is -1.01. The van der Waals surface area contributed by atoms with E-state index >= 15 is 0 Å². The Balaban J connectivity index is 1.61. The first-order chi connectivity index (χ1) is 14.0. The van der Waals surface area contributed by atoms with E-state index in [1.807, 2.05) is 21.9 Å². The van der Waals surface area contributed by atoms with Gasteiger partial charge < -0.3 is 20.1 Å². The van der Waals surface area contributed by atoms with Crippen LogP contribution in [0.3, 0.4) is 0 Å². The smallest absolute Gasteiger partial charge is 0.341 e. The van der Waals surface area contributed by atoms with Crippen LogP contribution in [0.15, 0.2) is 24.3 Å². The molecule has 0 spiro atoms. The third kappa shape index (κ3) is 4.50. The Morgan fingerprint density at radius 1 is 1.24 bits per heavy atom. The third-order valence-corrected chi connectivity index (χ3v) is 6.60. The van der Waals surface area contributed by atoms with Crippen LogP contribution in [0.25, 0.3) is 0 Å². The van der Waals surface area contributed by atoms with E-state index in [1.54, 1.807) is 12.1 Å². The van der Waals surface area contributed by atoms with Crippen molar-refractivity contribution in [3.63, 3.8) is 0 Å². The Morgan fingerprint density at radius 3 is 2.79 bits per heavy atom. The number of fused-ring (bicyclic) bond motifs is 2. The molecule has 0 aliphatic carbocycles. The zero-order chi connectivity index (χ0) is 20.4. The van der Waals surface area contributed by atoms with E-state index in [0.29, 0.717) is 23.8 Å². The lowest BCUT2D eigenvalue weighted by Gasteiger charge is -2.47. The summed E-state index contributed by atoms with van der Waals surface area (Å²) >= 11 is 0. The first-order valence-electron chi connectivity index (χ1n) is 10.8. The number of carboxylic acids is 1. The van der Waals surface area contributed by atoms with Crippen molar-refractivity contribution < 1.29 is 19.4 Å². The summed E-state index contributed by atoms with van der Waals surface area (Å²) in [6.07, 6.45) is 6.39. The molecule has 3 aliphatic heterocycles. The molecule has 2 unspecified atom stereocenters. The fraction of sp³-hybridized carbons (Fsp3) is 0.636.